The van der Waals surface area contributed by atoms with Gasteiger partial charge in [-0.1, -0.05) is 30.8 Å². The van der Waals surface area contributed by atoms with Crippen molar-refractivity contribution in [2.75, 3.05) is 19.7 Å². The second-order valence-corrected chi connectivity index (χ2v) is 8.93. The molecule has 1 saturated heterocycles. The molecule has 0 aromatic carbocycles. The van der Waals surface area contributed by atoms with Gasteiger partial charge in [0.25, 0.3) is 5.91 Å². The monoisotopic (exact) mass is 403 g/mol. The van der Waals surface area contributed by atoms with E-state index in [1.165, 1.54) is 38.5 Å². The van der Waals surface area contributed by atoms with Crippen LogP contribution in [0.1, 0.15) is 80.5 Å². The highest BCUT2D eigenvalue weighted by Crippen LogP contribution is 2.29. The molecule has 0 bridgehead atoms. The number of hydrogen-bond acceptors (Lipinski definition) is 5. The highest BCUT2D eigenvalue weighted by Gasteiger charge is 2.26. The summed E-state index contributed by atoms with van der Waals surface area (Å²) in [6.07, 6.45) is 11.1. The molecule has 3 fully saturated rings. The van der Waals surface area contributed by atoms with Crippen molar-refractivity contribution in [1.29, 1.82) is 0 Å². The van der Waals surface area contributed by atoms with Crippen LogP contribution in [0.25, 0.3) is 0 Å². The topological polar surface area (TPSA) is 84.7 Å². The number of hydrogen-bond donors (Lipinski definition) is 1. The predicted octanol–water partition coefficient (Wildman–Crippen LogP) is 3.29. The Bertz CT molecular complexity index is 688. The van der Waals surface area contributed by atoms with Crippen molar-refractivity contribution in [3.05, 3.63) is 17.5 Å². The van der Waals surface area contributed by atoms with Gasteiger partial charge in [-0.2, -0.15) is 0 Å². The van der Waals surface area contributed by atoms with E-state index >= 15 is 0 Å². The third-order valence-corrected chi connectivity index (χ3v) is 6.43. The first-order valence-electron chi connectivity index (χ1n) is 11.3. The zero-order valence-electron chi connectivity index (χ0n) is 17.2. The maximum atomic E-state index is 12.9. The van der Waals surface area contributed by atoms with E-state index in [2.05, 4.69) is 10.5 Å². The third-order valence-electron chi connectivity index (χ3n) is 6.43. The molecule has 4 rings (SSSR count). The minimum Gasteiger partial charge on any atom is -0.376 e. The van der Waals surface area contributed by atoms with Crippen LogP contribution in [-0.2, 0) is 16.1 Å². The van der Waals surface area contributed by atoms with Crippen LogP contribution in [0.3, 0.4) is 0 Å². The number of nitrogens with one attached hydrogen (secondary N) is 1. The third kappa shape index (κ3) is 6.04. The Morgan fingerprint density at radius 3 is 2.66 bits per heavy atom. The molecule has 2 amide bonds. The summed E-state index contributed by atoms with van der Waals surface area (Å²) in [6, 6.07) is 1.66. The maximum Gasteiger partial charge on any atom is 0.273 e. The summed E-state index contributed by atoms with van der Waals surface area (Å²) in [4.78, 5) is 27.0. The van der Waals surface area contributed by atoms with Crippen LogP contribution < -0.4 is 5.32 Å². The molecule has 0 radical (unpaired) electrons. The van der Waals surface area contributed by atoms with E-state index < -0.39 is 0 Å². The van der Waals surface area contributed by atoms with Gasteiger partial charge in [0, 0.05) is 32.2 Å². The lowest BCUT2D eigenvalue weighted by molar-refractivity contribution is -0.134. The van der Waals surface area contributed by atoms with Crippen molar-refractivity contribution in [2.45, 2.75) is 76.9 Å². The summed E-state index contributed by atoms with van der Waals surface area (Å²) in [7, 11) is 0. The number of amides is 2. The first kappa shape index (κ1) is 20.4. The predicted molar refractivity (Wildman–Crippen MR) is 107 cm³/mol. The Morgan fingerprint density at radius 2 is 1.93 bits per heavy atom. The molecular formula is C22H33N3O4. The summed E-state index contributed by atoms with van der Waals surface area (Å²) in [5.74, 6) is 1.79. The van der Waals surface area contributed by atoms with Gasteiger partial charge in [-0.15, -0.1) is 0 Å². The highest BCUT2D eigenvalue weighted by atomic mass is 16.5. The zero-order valence-corrected chi connectivity index (χ0v) is 17.2. The van der Waals surface area contributed by atoms with Crippen LogP contribution in [0, 0.1) is 11.8 Å². The lowest BCUT2D eigenvalue weighted by atomic mass is 10.0. The summed E-state index contributed by atoms with van der Waals surface area (Å²) in [5.41, 5.74) is 0.288. The first-order valence-corrected chi connectivity index (χ1v) is 11.3. The molecule has 1 aliphatic heterocycles. The fraction of sp³-hybridized carbons (Fsp3) is 0.773. The number of aromatic nitrogens is 1. The van der Waals surface area contributed by atoms with Gasteiger partial charge in [0.2, 0.25) is 5.91 Å². The molecule has 2 aliphatic carbocycles. The molecule has 0 spiro atoms. The second kappa shape index (κ2) is 9.74. The van der Waals surface area contributed by atoms with Crippen LogP contribution in [0.5, 0.6) is 0 Å². The van der Waals surface area contributed by atoms with Crippen molar-refractivity contribution in [3.8, 4) is 0 Å². The van der Waals surface area contributed by atoms with E-state index in [0.717, 1.165) is 25.9 Å². The summed E-state index contributed by atoms with van der Waals surface area (Å²) >= 11 is 0. The van der Waals surface area contributed by atoms with E-state index in [-0.39, 0.29) is 23.6 Å². The largest absolute Gasteiger partial charge is 0.376 e. The Hall–Kier alpha value is -1.89. The Labute approximate surface area is 172 Å². The number of nitrogens with zero attached hydrogens (tertiary/aromatic N) is 2. The molecule has 1 aromatic rings. The van der Waals surface area contributed by atoms with Crippen molar-refractivity contribution in [3.63, 3.8) is 0 Å². The molecule has 1 atom stereocenters. The zero-order chi connectivity index (χ0) is 20.1. The number of ether oxygens (including phenoxy) is 1. The van der Waals surface area contributed by atoms with Gasteiger partial charge in [0.05, 0.1) is 12.6 Å². The van der Waals surface area contributed by atoms with Crippen LogP contribution in [-0.4, -0.2) is 47.7 Å². The minimum atomic E-state index is -0.204. The standard InChI is InChI=1S/C22H33N3O4/c26-21(10-9-16-4-1-2-5-16)25(14-18-6-3-11-28-18)15-19-12-20(24-29-19)22(27)23-13-17-7-8-17/h12,16-18H,1-11,13-15H2,(H,23,27). The fourth-order valence-electron chi connectivity index (χ4n) is 4.41. The maximum absolute atomic E-state index is 12.9. The quantitative estimate of drug-likeness (QED) is 0.648. The molecule has 2 heterocycles. The molecule has 2 saturated carbocycles. The average Bonchev–Trinajstić information content (AvgIpc) is 3.15. The number of carbonyl (C=O) groups is 2. The normalized spacial score (nSPS) is 22.1. The second-order valence-electron chi connectivity index (χ2n) is 8.93. The molecule has 1 N–H and O–H groups in total. The van der Waals surface area contributed by atoms with Gasteiger partial charge in [-0.25, -0.2) is 0 Å². The fourth-order valence-corrected chi connectivity index (χ4v) is 4.41. The van der Waals surface area contributed by atoms with Gasteiger partial charge >= 0.3 is 0 Å². The van der Waals surface area contributed by atoms with Gasteiger partial charge in [-0.05, 0) is 43.9 Å². The van der Waals surface area contributed by atoms with E-state index in [9.17, 15) is 9.59 Å². The van der Waals surface area contributed by atoms with Gasteiger partial charge < -0.3 is 19.5 Å². The smallest absolute Gasteiger partial charge is 0.273 e. The summed E-state index contributed by atoms with van der Waals surface area (Å²) in [5, 5.41) is 6.81. The van der Waals surface area contributed by atoms with E-state index in [4.69, 9.17) is 9.26 Å². The van der Waals surface area contributed by atoms with Crippen LogP contribution in [0.15, 0.2) is 10.6 Å². The number of carbonyl (C=O) groups excluding carboxylic acids is 2. The highest BCUT2D eigenvalue weighted by molar-refractivity contribution is 5.92. The van der Waals surface area contributed by atoms with E-state index in [0.29, 0.717) is 43.7 Å². The molecule has 1 unspecified atom stereocenters. The van der Waals surface area contributed by atoms with Gasteiger partial charge in [-0.3, -0.25) is 9.59 Å². The first-order chi connectivity index (χ1) is 14.2. The lowest BCUT2D eigenvalue weighted by Crippen LogP contribution is -2.37. The molecular weight excluding hydrogens is 370 g/mol. The van der Waals surface area contributed by atoms with E-state index in [1.54, 1.807) is 6.07 Å². The van der Waals surface area contributed by atoms with Crippen molar-refractivity contribution >= 4 is 11.8 Å². The summed E-state index contributed by atoms with van der Waals surface area (Å²) in [6.45, 7) is 2.38. The Morgan fingerprint density at radius 1 is 1.10 bits per heavy atom. The average molecular weight is 404 g/mol. The Balaban J connectivity index is 1.33. The van der Waals surface area contributed by atoms with Gasteiger partial charge in [0.1, 0.15) is 0 Å². The molecule has 7 heteroatoms. The SMILES string of the molecule is O=C(NCC1CC1)c1cc(CN(CC2CCCO2)C(=O)CCC2CCCC2)on1. The van der Waals surface area contributed by atoms with E-state index in [1.807, 2.05) is 4.90 Å². The molecule has 7 nitrogen and oxygen atoms in total. The molecule has 160 valence electrons. The minimum absolute atomic E-state index is 0.0923. The lowest BCUT2D eigenvalue weighted by Gasteiger charge is -2.25. The van der Waals surface area contributed by atoms with Gasteiger partial charge in [0.15, 0.2) is 11.5 Å². The number of rotatable bonds is 10. The molecule has 1 aromatic heterocycles. The van der Waals surface area contributed by atoms with Crippen molar-refractivity contribution in [1.82, 2.24) is 15.4 Å². The van der Waals surface area contributed by atoms with Crippen LogP contribution >= 0.6 is 0 Å². The van der Waals surface area contributed by atoms with Crippen LogP contribution in [0.4, 0.5) is 0 Å². The summed E-state index contributed by atoms with van der Waals surface area (Å²) < 4.78 is 11.1. The van der Waals surface area contributed by atoms with Crippen molar-refractivity contribution < 1.29 is 18.8 Å². The molecule has 3 aliphatic rings. The van der Waals surface area contributed by atoms with Crippen molar-refractivity contribution in [2.24, 2.45) is 11.8 Å². The molecule has 29 heavy (non-hydrogen) atoms. The van der Waals surface area contributed by atoms with Crippen LogP contribution in [0.2, 0.25) is 0 Å². The Kier molecular flexibility index (Phi) is 6.85.